The molecule has 0 radical (unpaired) electrons. The fraction of sp³-hybridized carbons (Fsp3) is 0.300. The first-order chi connectivity index (χ1) is 7.09. The van der Waals surface area contributed by atoms with Gasteiger partial charge >= 0.3 is 0 Å². The van der Waals surface area contributed by atoms with Gasteiger partial charge in [0.2, 0.25) is 0 Å². The molecule has 0 aliphatic heterocycles. The van der Waals surface area contributed by atoms with Crippen molar-refractivity contribution in [3.8, 4) is 6.07 Å². The average Bonchev–Trinajstić information content (AvgIpc) is 2.99. The molecule has 0 unspecified atom stereocenters. The minimum Gasteiger partial charge on any atom is -0.258 e. The topological polar surface area (TPSA) is 66.9 Å². The Balaban J connectivity index is 2.49. The molecule has 0 amide bonds. The van der Waals surface area contributed by atoms with Crippen LogP contribution in [-0.2, 0) is 5.41 Å². The zero-order chi connectivity index (χ0) is 11.1. The number of nitro groups is 1. The number of halogens is 1. The number of hydrogen-bond acceptors (Lipinski definition) is 3. The predicted octanol–water partition coefficient (Wildman–Crippen LogP) is 2.91. The molecule has 1 fully saturated rings. The van der Waals surface area contributed by atoms with Gasteiger partial charge in [-0.05, 0) is 40.4 Å². The first-order valence-electron chi connectivity index (χ1n) is 4.45. The smallest absolute Gasteiger partial charge is 0.258 e. The molecule has 1 aromatic carbocycles. The van der Waals surface area contributed by atoms with Crippen LogP contribution in [0.4, 0.5) is 5.69 Å². The van der Waals surface area contributed by atoms with Crippen LogP contribution in [0.5, 0.6) is 0 Å². The Kier molecular flexibility index (Phi) is 2.24. The SMILES string of the molecule is N#CC1(c2ccc(Br)c([N+](=O)[O-])c2)CC1. The standard InChI is InChI=1S/C10H7BrN2O2/c11-8-2-1-7(5-9(8)13(14)15)10(6-12)3-4-10/h1-2,5H,3-4H2. The number of nitrogens with zero attached hydrogens (tertiary/aromatic N) is 2. The Hall–Kier alpha value is -1.41. The number of benzene rings is 1. The van der Waals surface area contributed by atoms with Crippen molar-refractivity contribution in [2.24, 2.45) is 0 Å². The fourth-order valence-electron chi connectivity index (χ4n) is 1.54. The van der Waals surface area contributed by atoms with E-state index in [9.17, 15) is 10.1 Å². The molecular weight excluding hydrogens is 260 g/mol. The van der Waals surface area contributed by atoms with Crippen molar-refractivity contribution in [1.82, 2.24) is 0 Å². The molecule has 15 heavy (non-hydrogen) atoms. The maximum absolute atomic E-state index is 10.7. The first-order valence-corrected chi connectivity index (χ1v) is 5.24. The normalized spacial score (nSPS) is 16.8. The number of rotatable bonds is 2. The van der Waals surface area contributed by atoms with Crippen LogP contribution in [-0.4, -0.2) is 4.92 Å². The molecule has 2 rings (SSSR count). The molecule has 0 heterocycles. The second-order valence-corrected chi connectivity index (χ2v) is 4.47. The third-order valence-corrected chi connectivity index (χ3v) is 3.33. The summed E-state index contributed by atoms with van der Waals surface area (Å²) in [6.07, 6.45) is 1.59. The van der Waals surface area contributed by atoms with Crippen LogP contribution in [0.1, 0.15) is 18.4 Å². The number of nitro benzene ring substituents is 1. The lowest BCUT2D eigenvalue weighted by atomic mass is 9.97. The van der Waals surface area contributed by atoms with Gasteiger partial charge in [0.1, 0.15) is 0 Å². The minimum absolute atomic E-state index is 0.0222. The van der Waals surface area contributed by atoms with Gasteiger partial charge in [0.15, 0.2) is 0 Å². The van der Waals surface area contributed by atoms with Gasteiger partial charge in [-0.2, -0.15) is 5.26 Å². The molecule has 0 bridgehead atoms. The summed E-state index contributed by atoms with van der Waals surface area (Å²) in [5.41, 5.74) is 0.305. The minimum atomic E-state index is -0.467. The second kappa shape index (κ2) is 3.31. The molecule has 0 spiro atoms. The van der Waals surface area contributed by atoms with Crippen LogP contribution >= 0.6 is 15.9 Å². The van der Waals surface area contributed by atoms with E-state index in [4.69, 9.17) is 5.26 Å². The van der Waals surface area contributed by atoms with E-state index in [1.54, 1.807) is 12.1 Å². The van der Waals surface area contributed by atoms with Crippen LogP contribution < -0.4 is 0 Å². The highest BCUT2D eigenvalue weighted by atomic mass is 79.9. The summed E-state index contributed by atoms with van der Waals surface area (Å²) in [5.74, 6) is 0. The maximum atomic E-state index is 10.7. The van der Waals surface area contributed by atoms with Gasteiger partial charge in [-0.1, -0.05) is 6.07 Å². The van der Waals surface area contributed by atoms with Crippen molar-refractivity contribution in [2.45, 2.75) is 18.3 Å². The van der Waals surface area contributed by atoms with Crippen LogP contribution in [0.15, 0.2) is 22.7 Å². The molecule has 0 aromatic heterocycles. The number of nitriles is 1. The molecule has 1 aliphatic rings. The molecule has 0 atom stereocenters. The Bertz CT molecular complexity index is 475. The summed E-state index contributed by atoms with van der Waals surface area (Å²) in [6, 6.07) is 7.10. The van der Waals surface area contributed by atoms with Gasteiger partial charge in [-0.25, -0.2) is 0 Å². The van der Waals surface area contributed by atoms with Gasteiger partial charge in [-0.3, -0.25) is 10.1 Å². The molecule has 1 aliphatic carbocycles. The summed E-state index contributed by atoms with van der Waals surface area (Å²) in [5, 5.41) is 19.7. The molecule has 5 heteroatoms. The lowest BCUT2D eigenvalue weighted by Gasteiger charge is -2.05. The van der Waals surface area contributed by atoms with Crippen molar-refractivity contribution in [1.29, 1.82) is 5.26 Å². The highest BCUT2D eigenvalue weighted by Crippen LogP contribution is 2.48. The molecule has 76 valence electrons. The Morgan fingerprint density at radius 2 is 2.20 bits per heavy atom. The van der Waals surface area contributed by atoms with Crippen molar-refractivity contribution in [3.05, 3.63) is 38.3 Å². The highest BCUT2D eigenvalue weighted by molar-refractivity contribution is 9.10. The molecular formula is C10H7BrN2O2. The molecule has 4 nitrogen and oxygen atoms in total. The van der Waals surface area contributed by atoms with Crippen LogP contribution in [0, 0.1) is 21.4 Å². The highest BCUT2D eigenvalue weighted by Gasteiger charge is 2.45. The lowest BCUT2D eigenvalue weighted by molar-refractivity contribution is -0.385. The summed E-state index contributed by atoms with van der Waals surface area (Å²) < 4.78 is 0.449. The van der Waals surface area contributed by atoms with E-state index in [0.29, 0.717) is 4.47 Å². The van der Waals surface area contributed by atoms with E-state index in [0.717, 1.165) is 18.4 Å². The van der Waals surface area contributed by atoms with Crippen molar-refractivity contribution in [2.75, 3.05) is 0 Å². The quantitative estimate of drug-likeness (QED) is 0.611. The summed E-state index contributed by atoms with van der Waals surface area (Å²) in [6.45, 7) is 0. The third-order valence-electron chi connectivity index (χ3n) is 2.66. The van der Waals surface area contributed by atoms with E-state index >= 15 is 0 Å². The second-order valence-electron chi connectivity index (χ2n) is 3.62. The molecule has 1 aromatic rings. The lowest BCUT2D eigenvalue weighted by Crippen LogP contribution is -2.03. The van der Waals surface area contributed by atoms with E-state index in [2.05, 4.69) is 22.0 Å². The molecule has 0 saturated heterocycles. The van der Waals surface area contributed by atoms with Crippen molar-refractivity contribution in [3.63, 3.8) is 0 Å². The fourth-order valence-corrected chi connectivity index (χ4v) is 1.93. The van der Waals surface area contributed by atoms with Crippen LogP contribution in [0.3, 0.4) is 0 Å². The average molecular weight is 267 g/mol. The van der Waals surface area contributed by atoms with E-state index in [1.165, 1.54) is 6.07 Å². The number of hydrogen-bond donors (Lipinski definition) is 0. The largest absolute Gasteiger partial charge is 0.283 e. The van der Waals surface area contributed by atoms with Gasteiger partial charge in [-0.15, -0.1) is 0 Å². The Labute approximate surface area is 94.8 Å². The van der Waals surface area contributed by atoms with Crippen LogP contribution in [0.2, 0.25) is 0 Å². The molecule has 1 saturated carbocycles. The Morgan fingerprint density at radius 1 is 1.53 bits per heavy atom. The zero-order valence-electron chi connectivity index (χ0n) is 7.74. The molecule has 0 N–H and O–H groups in total. The summed E-state index contributed by atoms with van der Waals surface area (Å²) >= 11 is 3.12. The maximum Gasteiger partial charge on any atom is 0.283 e. The summed E-state index contributed by atoms with van der Waals surface area (Å²) in [7, 11) is 0. The van der Waals surface area contributed by atoms with E-state index < -0.39 is 10.3 Å². The van der Waals surface area contributed by atoms with Gasteiger partial charge < -0.3 is 0 Å². The van der Waals surface area contributed by atoms with Gasteiger partial charge in [0.25, 0.3) is 5.69 Å². The zero-order valence-corrected chi connectivity index (χ0v) is 9.32. The summed E-state index contributed by atoms with van der Waals surface area (Å²) in [4.78, 5) is 10.3. The van der Waals surface area contributed by atoms with Gasteiger partial charge in [0, 0.05) is 6.07 Å². The van der Waals surface area contributed by atoms with Crippen molar-refractivity contribution >= 4 is 21.6 Å². The first kappa shape index (κ1) is 10.1. The van der Waals surface area contributed by atoms with Gasteiger partial charge in [0.05, 0.1) is 20.9 Å². The Morgan fingerprint density at radius 3 is 2.67 bits per heavy atom. The van der Waals surface area contributed by atoms with E-state index in [1.807, 2.05) is 0 Å². The predicted molar refractivity (Wildman–Crippen MR) is 57.3 cm³/mol. The monoisotopic (exact) mass is 266 g/mol. The van der Waals surface area contributed by atoms with E-state index in [-0.39, 0.29) is 5.69 Å². The third kappa shape index (κ3) is 1.61. The van der Waals surface area contributed by atoms with Crippen LogP contribution in [0.25, 0.3) is 0 Å². The van der Waals surface area contributed by atoms with Crippen molar-refractivity contribution < 1.29 is 4.92 Å².